The number of allylic oxidation sites excluding steroid dienone is 1. The maximum absolute atomic E-state index is 10.8. The molecule has 3 aliphatic carbocycles. The molecule has 1 aromatic rings. The lowest BCUT2D eigenvalue weighted by molar-refractivity contribution is -0.384. The van der Waals surface area contributed by atoms with Gasteiger partial charge in [-0.05, 0) is 42.2 Å². The molecular weight excluding hydrogens is 314 g/mol. The van der Waals surface area contributed by atoms with Crippen molar-refractivity contribution < 1.29 is 4.92 Å². The van der Waals surface area contributed by atoms with E-state index in [1.54, 1.807) is 17.7 Å². The highest BCUT2D eigenvalue weighted by Gasteiger charge is 2.51. The fourth-order valence-electron chi connectivity index (χ4n) is 4.86. The highest BCUT2D eigenvalue weighted by atomic mass is 16.6. The maximum atomic E-state index is 10.8. The van der Waals surface area contributed by atoms with Crippen molar-refractivity contribution in [2.75, 3.05) is 37.6 Å². The van der Waals surface area contributed by atoms with E-state index in [0.29, 0.717) is 5.41 Å². The first-order valence-corrected chi connectivity index (χ1v) is 9.36. The number of piperazine rings is 1. The monoisotopic (exact) mass is 341 g/mol. The summed E-state index contributed by atoms with van der Waals surface area (Å²) in [6.07, 6.45) is 5.16. The first kappa shape index (κ1) is 16.6. The van der Waals surface area contributed by atoms with E-state index in [0.717, 1.165) is 50.2 Å². The number of nitro benzene ring substituents is 1. The Labute approximate surface area is 149 Å². The summed E-state index contributed by atoms with van der Waals surface area (Å²) in [6.45, 7) is 10.1. The fraction of sp³-hybridized carbons (Fsp3) is 0.600. The molecule has 4 aliphatic rings. The average Bonchev–Trinajstić information content (AvgIpc) is 2.62. The Bertz CT molecular complexity index is 687. The number of fused-ring (bicyclic) bond motifs is 1. The Morgan fingerprint density at radius 1 is 1.16 bits per heavy atom. The minimum atomic E-state index is -0.341. The van der Waals surface area contributed by atoms with Crippen molar-refractivity contribution in [3.63, 3.8) is 0 Å². The highest BCUT2D eigenvalue weighted by Crippen LogP contribution is 2.59. The van der Waals surface area contributed by atoms with Crippen molar-refractivity contribution in [2.45, 2.75) is 26.7 Å². The molecule has 1 aliphatic heterocycles. The Morgan fingerprint density at radius 2 is 1.84 bits per heavy atom. The summed E-state index contributed by atoms with van der Waals surface area (Å²) < 4.78 is 0. The van der Waals surface area contributed by atoms with Crippen molar-refractivity contribution in [3.8, 4) is 0 Å². The topological polar surface area (TPSA) is 49.6 Å². The number of benzene rings is 1. The van der Waals surface area contributed by atoms with Gasteiger partial charge in [-0.2, -0.15) is 0 Å². The van der Waals surface area contributed by atoms with Crippen molar-refractivity contribution >= 4 is 11.4 Å². The van der Waals surface area contributed by atoms with Crippen molar-refractivity contribution in [3.05, 3.63) is 46.0 Å². The first-order chi connectivity index (χ1) is 11.9. The van der Waals surface area contributed by atoms with Crippen molar-refractivity contribution in [1.29, 1.82) is 0 Å². The van der Waals surface area contributed by atoms with Gasteiger partial charge >= 0.3 is 0 Å². The summed E-state index contributed by atoms with van der Waals surface area (Å²) in [5.74, 6) is 1.69. The molecule has 0 spiro atoms. The predicted octanol–water partition coefficient (Wildman–Crippen LogP) is 3.71. The van der Waals surface area contributed by atoms with Crippen LogP contribution in [0.25, 0.3) is 0 Å². The molecule has 2 bridgehead atoms. The van der Waals surface area contributed by atoms with Crippen LogP contribution in [0.15, 0.2) is 35.9 Å². The quantitative estimate of drug-likeness (QED) is 0.476. The third-order valence-corrected chi connectivity index (χ3v) is 6.79. The summed E-state index contributed by atoms with van der Waals surface area (Å²) in [5, 5.41) is 10.8. The van der Waals surface area contributed by atoms with Gasteiger partial charge in [0.15, 0.2) is 0 Å². The van der Waals surface area contributed by atoms with Gasteiger partial charge < -0.3 is 4.90 Å². The van der Waals surface area contributed by atoms with Crippen LogP contribution in [0.2, 0.25) is 0 Å². The van der Waals surface area contributed by atoms with Gasteiger partial charge in [0.05, 0.1) is 4.92 Å². The van der Waals surface area contributed by atoms with Gasteiger partial charge in [-0.25, -0.2) is 0 Å². The van der Waals surface area contributed by atoms with E-state index in [4.69, 9.17) is 0 Å². The molecule has 0 N–H and O–H groups in total. The molecule has 1 saturated carbocycles. The first-order valence-electron chi connectivity index (χ1n) is 9.36. The number of hydrogen-bond donors (Lipinski definition) is 0. The maximum Gasteiger partial charge on any atom is 0.269 e. The van der Waals surface area contributed by atoms with E-state index in [2.05, 4.69) is 29.7 Å². The molecule has 2 unspecified atom stereocenters. The number of nitro groups is 1. The molecule has 1 saturated heterocycles. The lowest BCUT2D eigenvalue weighted by Gasteiger charge is -2.57. The SMILES string of the molecule is CC1(C)C2CC=C(CN3CCN(c4ccc([N+](=O)[O-])cc4)CC3)C1C2. The van der Waals surface area contributed by atoms with Crippen LogP contribution in [0.1, 0.15) is 26.7 Å². The van der Waals surface area contributed by atoms with Crippen LogP contribution in [0.5, 0.6) is 0 Å². The van der Waals surface area contributed by atoms with Crippen molar-refractivity contribution in [1.82, 2.24) is 4.90 Å². The minimum absolute atomic E-state index is 0.160. The Hall–Kier alpha value is -1.88. The van der Waals surface area contributed by atoms with Gasteiger partial charge in [0.1, 0.15) is 0 Å². The number of hydrogen-bond acceptors (Lipinski definition) is 4. The lowest BCUT2D eigenvalue weighted by Crippen LogP contribution is -2.52. The van der Waals surface area contributed by atoms with E-state index >= 15 is 0 Å². The smallest absolute Gasteiger partial charge is 0.269 e. The van der Waals surface area contributed by atoms with Gasteiger partial charge in [0, 0.05) is 50.5 Å². The van der Waals surface area contributed by atoms with Gasteiger partial charge in [0.25, 0.3) is 5.69 Å². The molecule has 5 rings (SSSR count). The Morgan fingerprint density at radius 3 is 2.40 bits per heavy atom. The Balaban J connectivity index is 1.33. The molecule has 5 heteroatoms. The molecule has 2 fully saturated rings. The molecule has 0 amide bonds. The molecule has 5 nitrogen and oxygen atoms in total. The second-order valence-electron chi connectivity index (χ2n) is 8.36. The molecule has 1 heterocycles. The summed E-state index contributed by atoms with van der Waals surface area (Å²) in [6, 6.07) is 6.94. The fourth-order valence-corrected chi connectivity index (χ4v) is 4.86. The summed E-state index contributed by atoms with van der Waals surface area (Å²) in [5.41, 5.74) is 3.42. The van der Waals surface area contributed by atoms with E-state index in [9.17, 15) is 10.1 Å². The van der Waals surface area contributed by atoms with Crippen LogP contribution in [0, 0.1) is 27.4 Å². The highest BCUT2D eigenvalue weighted by molar-refractivity contribution is 5.51. The van der Waals surface area contributed by atoms with E-state index in [1.807, 2.05) is 12.1 Å². The number of nitrogens with zero attached hydrogens (tertiary/aromatic N) is 3. The average molecular weight is 341 g/mol. The number of non-ortho nitro benzene ring substituents is 1. The molecular formula is C20H27N3O2. The van der Waals surface area contributed by atoms with Gasteiger partial charge in [-0.15, -0.1) is 0 Å². The van der Waals surface area contributed by atoms with Crippen LogP contribution in [-0.2, 0) is 0 Å². The summed E-state index contributed by atoms with van der Waals surface area (Å²) in [7, 11) is 0. The second-order valence-corrected chi connectivity index (χ2v) is 8.36. The Kier molecular flexibility index (Phi) is 4.07. The molecule has 2 atom stereocenters. The second kappa shape index (κ2) is 6.13. The standard InChI is InChI=1S/C20H27N3O2/c1-20(2)16-4-3-15(19(20)13-16)14-21-9-11-22(12-10-21)17-5-7-18(8-6-17)23(24)25/h3,5-8,16,19H,4,9-14H2,1-2H3. The third-order valence-electron chi connectivity index (χ3n) is 6.79. The minimum Gasteiger partial charge on any atom is -0.369 e. The van der Waals surface area contributed by atoms with Crippen LogP contribution >= 0.6 is 0 Å². The zero-order valence-corrected chi connectivity index (χ0v) is 15.1. The summed E-state index contributed by atoms with van der Waals surface area (Å²) >= 11 is 0. The van der Waals surface area contributed by atoms with E-state index < -0.39 is 0 Å². The molecule has 1 aromatic carbocycles. The van der Waals surface area contributed by atoms with Crippen LogP contribution in [0.4, 0.5) is 11.4 Å². The van der Waals surface area contributed by atoms with Gasteiger partial charge in [0.2, 0.25) is 0 Å². The normalized spacial score (nSPS) is 28.2. The summed E-state index contributed by atoms with van der Waals surface area (Å²) in [4.78, 5) is 15.3. The molecule has 0 radical (unpaired) electrons. The zero-order valence-electron chi connectivity index (χ0n) is 15.1. The predicted molar refractivity (Wildman–Crippen MR) is 99.8 cm³/mol. The van der Waals surface area contributed by atoms with Crippen LogP contribution < -0.4 is 4.90 Å². The lowest BCUT2D eigenvalue weighted by atomic mass is 9.49. The van der Waals surface area contributed by atoms with Crippen LogP contribution in [0.3, 0.4) is 0 Å². The zero-order chi connectivity index (χ0) is 17.6. The van der Waals surface area contributed by atoms with Gasteiger partial charge in [-0.1, -0.05) is 25.5 Å². The number of rotatable bonds is 4. The van der Waals surface area contributed by atoms with E-state index in [-0.39, 0.29) is 10.6 Å². The van der Waals surface area contributed by atoms with Crippen LogP contribution in [-0.4, -0.2) is 42.5 Å². The van der Waals surface area contributed by atoms with Crippen molar-refractivity contribution in [2.24, 2.45) is 17.3 Å². The third kappa shape index (κ3) is 2.95. The number of anilines is 1. The van der Waals surface area contributed by atoms with Gasteiger partial charge in [-0.3, -0.25) is 15.0 Å². The molecule has 0 aromatic heterocycles. The molecule has 25 heavy (non-hydrogen) atoms. The largest absolute Gasteiger partial charge is 0.369 e. The molecule has 134 valence electrons. The van der Waals surface area contributed by atoms with E-state index in [1.165, 1.54) is 12.8 Å².